The van der Waals surface area contributed by atoms with Crippen LogP contribution in [0.25, 0.3) is 0 Å². The molecule has 0 aliphatic carbocycles. The van der Waals surface area contributed by atoms with E-state index in [-0.39, 0.29) is 22.1 Å². The van der Waals surface area contributed by atoms with Crippen LogP contribution in [0.3, 0.4) is 0 Å². The number of phenols is 1. The van der Waals surface area contributed by atoms with Gasteiger partial charge in [0.05, 0.1) is 10.6 Å². The number of hydrogen-bond acceptors (Lipinski definition) is 5. The minimum Gasteiger partial charge on any atom is -0.506 e. The molecule has 1 amide bonds. The Morgan fingerprint density at radius 2 is 1.76 bits per heavy atom. The third-order valence-corrected chi connectivity index (χ3v) is 3.95. The van der Waals surface area contributed by atoms with Crippen molar-refractivity contribution < 1.29 is 14.8 Å². The molecule has 2 rings (SSSR count). The SMILES string of the molecule is Cc1cc(O)c(NC(=S)NC(=O)c2ccc([N+](=O)[O-])c(C)c2)cc1C. The molecule has 0 saturated carbocycles. The molecule has 0 saturated heterocycles. The first kappa shape index (κ1) is 18.3. The first-order chi connectivity index (χ1) is 11.7. The van der Waals surface area contributed by atoms with Gasteiger partial charge in [-0.05, 0) is 68.4 Å². The second-order valence-corrected chi connectivity index (χ2v) is 6.03. The molecular formula is C17H17N3O4S. The summed E-state index contributed by atoms with van der Waals surface area (Å²) in [6.07, 6.45) is 0. The number of anilines is 1. The molecule has 130 valence electrons. The lowest BCUT2D eigenvalue weighted by Gasteiger charge is -2.13. The van der Waals surface area contributed by atoms with Crippen molar-refractivity contribution in [3.63, 3.8) is 0 Å². The fourth-order valence-corrected chi connectivity index (χ4v) is 2.43. The van der Waals surface area contributed by atoms with Crippen molar-refractivity contribution in [2.24, 2.45) is 0 Å². The van der Waals surface area contributed by atoms with Gasteiger partial charge < -0.3 is 10.4 Å². The van der Waals surface area contributed by atoms with Crippen LogP contribution in [0.4, 0.5) is 11.4 Å². The van der Waals surface area contributed by atoms with Gasteiger partial charge in [0, 0.05) is 17.2 Å². The molecule has 2 aromatic rings. The maximum atomic E-state index is 12.2. The summed E-state index contributed by atoms with van der Waals surface area (Å²) in [6, 6.07) is 7.37. The lowest BCUT2D eigenvalue weighted by atomic mass is 10.1. The molecule has 0 aliphatic heterocycles. The average molecular weight is 359 g/mol. The molecule has 25 heavy (non-hydrogen) atoms. The van der Waals surface area contributed by atoms with Crippen LogP contribution in [0.5, 0.6) is 5.75 Å². The highest BCUT2D eigenvalue weighted by Gasteiger charge is 2.15. The number of benzene rings is 2. The van der Waals surface area contributed by atoms with Crippen LogP contribution in [0.2, 0.25) is 0 Å². The van der Waals surface area contributed by atoms with E-state index in [1.807, 2.05) is 13.8 Å². The number of nitrogens with one attached hydrogen (secondary N) is 2. The summed E-state index contributed by atoms with van der Waals surface area (Å²) in [5, 5.41) is 26.0. The van der Waals surface area contributed by atoms with Crippen molar-refractivity contribution in [3.05, 3.63) is 62.7 Å². The number of thiocarbonyl (C=S) groups is 1. The molecule has 2 aromatic carbocycles. The van der Waals surface area contributed by atoms with Gasteiger partial charge in [-0.25, -0.2) is 0 Å². The molecule has 0 spiro atoms. The Morgan fingerprint density at radius 1 is 1.12 bits per heavy atom. The Balaban J connectivity index is 2.10. The smallest absolute Gasteiger partial charge is 0.272 e. The monoisotopic (exact) mass is 359 g/mol. The summed E-state index contributed by atoms with van der Waals surface area (Å²) >= 11 is 5.09. The molecule has 8 heteroatoms. The van der Waals surface area contributed by atoms with Gasteiger partial charge in [-0.1, -0.05) is 0 Å². The average Bonchev–Trinajstić information content (AvgIpc) is 2.52. The van der Waals surface area contributed by atoms with E-state index in [1.54, 1.807) is 19.1 Å². The number of carbonyl (C=O) groups excluding carboxylic acids is 1. The molecule has 7 nitrogen and oxygen atoms in total. The summed E-state index contributed by atoms with van der Waals surface area (Å²) in [7, 11) is 0. The number of amides is 1. The zero-order valence-electron chi connectivity index (χ0n) is 13.9. The van der Waals surface area contributed by atoms with Gasteiger partial charge >= 0.3 is 0 Å². The fraction of sp³-hybridized carbons (Fsp3) is 0.176. The zero-order valence-corrected chi connectivity index (χ0v) is 14.7. The summed E-state index contributed by atoms with van der Waals surface area (Å²) < 4.78 is 0. The normalized spacial score (nSPS) is 10.2. The van der Waals surface area contributed by atoms with Crippen LogP contribution in [0.15, 0.2) is 30.3 Å². The van der Waals surface area contributed by atoms with Gasteiger partial charge in [0.25, 0.3) is 11.6 Å². The standard InChI is InChI=1S/C17H17N3O4S/c1-9-7-13(15(21)8-10(9)2)18-17(25)19-16(22)12-4-5-14(20(23)24)11(3)6-12/h4-8,21H,1-3H3,(H2,18,19,22,25). The number of aromatic hydroxyl groups is 1. The Bertz CT molecular complexity index is 880. The highest BCUT2D eigenvalue weighted by Crippen LogP contribution is 2.26. The molecular weight excluding hydrogens is 342 g/mol. The highest BCUT2D eigenvalue weighted by molar-refractivity contribution is 7.80. The van der Waals surface area contributed by atoms with Gasteiger partial charge in [0.1, 0.15) is 5.75 Å². The van der Waals surface area contributed by atoms with Crippen LogP contribution in [-0.4, -0.2) is 21.0 Å². The quantitative estimate of drug-likeness (QED) is 0.336. The third kappa shape index (κ3) is 4.30. The van der Waals surface area contributed by atoms with E-state index < -0.39 is 10.8 Å². The number of nitro benzene ring substituents is 1. The van der Waals surface area contributed by atoms with E-state index in [1.165, 1.54) is 18.2 Å². The molecule has 0 aromatic heterocycles. The number of rotatable bonds is 3. The van der Waals surface area contributed by atoms with Crippen molar-refractivity contribution in [1.82, 2.24) is 5.32 Å². The maximum absolute atomic E-state index is 12.2. The molecule has 0 heterocycles. The second-order valence-electron chi connectivity index (χ2n) is 5.62. The Labute approximate surface area is 149 Å². The predicted octanol–water partition coefficient (Wildman–Crippen LogP) is 3.35. The van der Waals surface area contributed by atoms with E-state index in [0.717, 1.165) is 11.1 Å². The second kappa shape index (κ2) is 7.27. The molecule has 3 N–H and O–H groups in total. The van der Waals surface area contributed by atoms with Gasteiger partial charge in [-0.15, -0.1) is 0 Å². The molecule has 0 bridgehead atoms. The van der Waals surface area contributed by atoms with Crippen molar-refractivity contribution in [2.75, 3.05) is 5.32 Å². The lowest BCUT2D eigenvalue weighted by molar-refractivity contribution is -0.385. The number of carbonyl (C=O) groups is 1. The zero-order chi connectivity index (χ0) is 18.7. The lowest BCUT2D eigenvalue weighted by Crippen LogP contribution is -2.34. The minimum absolute atomic E-state index is 0.0135. The van der Waals surface area contributed by atoms with Gasteiger partial charge in [-0.3, -0.25) is 20.2 Å². The van der Waals surface area contributed by atoms with Gasteiger partial charge in [0.15, 0.2) is 5.11 Å². The van der Waals surface area contributed by atoms with Crippen molar-refractivity contribution in [3.8, 4) is 5.75 Å². The predicted molar refractivity (Wildman–Crippen MR) is 99.1 cm³/mol. The minimum atomic E-state index is -0.508. The number of nitrogens with zero attached hydrogens (tertiary/aromatic N) is 1. The Morgan fingerprint density at radius 3 is 2.36 bits per heavy atom. The first-order valence-electron chi connectivity index (χ1n) is 7.36. The summed E-state index contributed by atoms with van der Waals surface area (Å²) in [4.78, 5) is 22.5. The molecule has 0 fully saturated rings. The van der Waals surface area contributed by atoms with E-state index in [4.69, 9.17) is 12.2 Å². The number of aryl methyl sites for hydroxylation is 3. The largest absolute Gasteiger partial charge is 0.506 e. The van der Waals surface area contributed by atoms with Crippen LogP contribution in [0.1, 0.15) is 27.0 Å². The van der Waals surface area contributed by atoms with Crippen molar-refractivity contribution in [1.29, 1.82) is 0 Å². The van der Waals surface area contributed by atoms with Crippen molar-refractivity contribution in [2.45, 2.75) is 20.8 Å². The molecule has 0 aliphatic rings. The first-order valence-corrected chi connectivity index (χ1v) is 7.77. The summed E-state index contributed by atoms with van der Waals surface area (Å²) in [5.74, 6) is -0.482. The summed E-state index contributed by atoms with van der Waals surface area (Å²) in [6.45, 7) is 5.32. The van der Waals surface area contributed by atoms with Crippen LogP contribution in [-0.2, 0) is 0 Å². The Kier molecular flexibility index (Phi) is 5.33. The van der Waals surface area contributed by atoms with E-state index in [9.17, 15) is 20.0 Å². The van der Waals surface area contributed by atoms with E-state index in [0.29, 0.717) is 11.3 Å². The molecule has 0 atom stereocenters. The highest BCUT2D eigenvalue weighted by atomic mass is 32.1. The van der Waals surface area contributed by atoms with Crippen LogP contribution < -0.4 is 10.6 Å². The molecule has 0 unspecified atom stereocenters. The number of hydrogen-bond donors (Lipinski definition) is 3. The van der Waals surface area contributed by atoms with E-state index in [2.05, 4.69) is 10.6 Å². The maximum Gasteiger partial charge on any atom is 0.272 e. The van der Waals surface area contributed by atoms with E-state index >= 15 is 0 Å². The molecule has 0 radical (unpaired) electrons. The third-order valence-electron chi connectivity index (χ3n) is 3.74. The van der Waals surface area contributed by atoms with Crippen LogP contribution in [0, 0.1) is 30.9 Å². The van der Waals surface area contributed by atoms with Crippen LogP contribution >= 0.6 is 12.2 Å². The van der Waals surface area contributed by atoms with Gasteiger partial charge in [0.2, 0.25) is 0 Å². The number of nitro groups is 1. The van der Waals surface area contributed by atoms with Gasteiger partial charge in [-0.2, -0.15) is 0 Å². The summed E-state index contributed by atoms with van der Waals surface area (Å²) in [5.41, 5.74) is 2.84. The fourth-order valence-electron chi connectivity index (χ4n) is 2.23. The number of phenolic OH excluding ortho intramolecular Hbond substituents is 1. The Hall–Kier alpha value is -3.00. The topological polar surface area (TPSA) is 104 Å². The van der Waals surface area contributed by atoms with Crippen molar-refractivity contribution >= 4 is 34.6 Å².